The summed E-state index contributed by atoms with van der Waals surface area (Å²) in [6, 6.07) is 7.47. The molecule has 20 heavy (non-hydrogen) atoms. The number of non-ortho nitro benzene ring substituents is 1. The van der Waals surface area contributed by atoms with E-state index >= 15 is 0 Å². The molecular weight excluding hydrogens is 280 g/mol. The van der Waals surface area contributed by atoms with Crippen LogP contribution in [0.4, 0.5) is 5.69 Å². The van der Waals surface area contributed by atoms with Crippen molar-refractivity contribution >= 4 is 23.1 Å². The van der Waals surface area contributed by atoms with Crippen LogP contribution >= 0.6 is 11.6 Å². The van der Waals surface area contributed by atoms with Gasteiger partial charge in [0.05, 0.1) is 11.3 Å². The quantitative estimate of drug-likeness (QED) is 0.491. The summed E-state index contributed by atoms with van der Waals surface area (Å²) in [7, 11) is 0. The SMILES string of the molecule is Cc1ccc(CC(=O)c2cc(Cl)cc([N+](=O)[O-])c2)nc1. The van der Waals surface area contributed by atoms with Gasteiger partial charge in [0.1, 0.15) is 0 Å². The van der Waals surface area contributed by atoms with Crippen LogP contribution in [-0.4, -0.2) is 15.7 Å². The molecule has 0 unspecified atom stereocenters. The van der Waals surface area contributed by atoms with Crippen molar-refractivity contribution in [3.05, 3.63) is 68.5 Å². The largest absolute Gasteiger partial charge is 0.294 e. The highest BCUT2D eigenvalue weighted by molar-refractivity contribution is 6.31. The van der Waals surface area contributed by atoms with Crippen molar-refractivity contribution in [1.82, 2.24) is 4.98 Å². The van der Waals surface area contributed by atoms with E-state index in [9.17, 15) is 14.9 Å². The van der Waals surface area contributed by atoms with Crippen LogP contribution in [0.3, 0.4) is 0 Å². The lowest BCUT2D eigenvalue weighted by atomic mass is 10.1. The minimum atomic E-state index is -0.577. The number of carbonyl (C=O) groups excluding carboxylic acids is 1. The molecule has 1 heterocycles. The smallest absolute Gasteiger partial charge is 0.271 e. The molecule has 0 N–H and O–H groups in total. The molecule has 2 aromatic rings. The van der Waals surface area contributed by atoms with Gasteiger partial charge in [0.15, 0.2) is 5.78 Å². The second-order valence-electron chi connectivity index (χ2n) is 4.38. The third kappa shape index (κ3) is 3.39. The third-order valence-electron chi connectivity index (χ3n) is 2.73. The fraction of sp³-hybridized carbons (Fsp3) is 0.143. The number of nitrogens with zero attached hydrogens (tertiary/aromatic N) is 2. The lowest BCUT2D eigenvalue weighted by Crippen LogP contribution is -2.06. The highest BCUT2D eigenvalue weighted by Gasteiger charge is 2.14. The summed E-state index contributed by atoms with van der Waals surface area (Å²) < 4.78 is 0. The molecule has 0 saturated carbocycles. The van der Waals surface area contributed by atoms with Gasteiger partial charge in [0.25, 0.3) is 5.69 Å². The van der Waals surface area contributed by atoms with Gasteiger partial charge >= 0.3 is 0 Å². The second-order valence-corrected chi connectivity index (χ2v) is 4.82. The first kappa shape index (κ1) is 14.1. The number of halogens is 1. The zero-order chi connectivity index (χ0) is 14.7. The fourth-order valence-electron chi connectivity index (χ4n) is 1.71. The first-order valence-electron chi connectivity index (χ1n) is 5.85. The number of pyridine rings is 1. The van der Waals surface area contributed by atoms with Gasteiger partial charge in [-0.1, -0.05) is 17.7 Å². The summed E-state index contributed by atoms with van der Waals surface area (Å²) in [6.45, 7) is 1.90. The van der Waals surface area contributed by atoms with Gasteiger partial charge in [-0.15, -0.1) is 0 Å². The van der Waals surface area contributed by atoms with E-state index in [1.807, 2.05) is 13.0 Å². The molecular formula is C14H11ClN2O3. The van der Waals surface area contributed by atoms with Crippen LogP contribution in [0, 0.1) is 17.0 Å². The van der Waals surface area contributed by atoms with Crippen LogP contribution in [0.15, 0.2) is 36.5 Å². The van der Waals surface area contributed by atoms with E-state index in [0.29, 0.717) is 5.69 Å². The Morgan fingerprint density at radius 1 is 1.35 bits per heavy atom. The molecule has 0 spiro atoms. The number of Topliss-reactive ketones (excluding diaryl/α,β-unsaturated/α-hetero) is 1. The van der Waals surface area contributed by atoms with Crippen molar-refractivity contribution in [3.8, 4) is 0 Å². The van der Waals surface area contributed by atoms with Gasteiger partial charge in [-0.05, 0) is 24.6 Å². The van der Waals surface area contributed by atoms with Crippen LogP contribution in [0.25, 0.3) is 0 Å². The summed E-state index contributed by atoms with van der Waals surface area (Å²) in [5, 5.41) is 10.9. The molecule has 5 nitrogen and oxygen atoms in total. The van der Waals surface area contributed by atoms with Crippen LogP contribution in [0.5, 0.6) is 0 Å². The molecule has 6 heteroatoms. The number of hydrogen-bond acceptors (Lipinski definition) is 4. The van der Waals surface area contributed by atoms with E-state index in [1.165, 1.54) is 18.2 Å². The summed E-state index contributed by atoms with van der Waals surface area (Å²) in [6.07, 6.45) is 1.75. The molecule has 0 atom stereocenters. The topological polar surface area (TPSA) is 73.1 Å². The molecule has 0 amide bonds. The fourth-order valence-corrected chi connectivity index (χ4v) is 1.94. The van der Waals surface area contributed by atoms with Crippen molar-refractivity contribution in [2.75, 3.05) is 0 Å². The predicted octanol–water partition coefficient (Wildman–Crippen LogP) is 3.38. The van der Waals surface area contributed by atoms with Crippen molar-refractivity contribution in [3.63, 3.8) is 0 Å². The Kier molecular flexibility index (Phi) is 4.10. The molecule has 1 aromatic heterocycles. The van der Waals surface area contributed by atoms with E-state index in [0.717, 1.165) is 5.56 Å². The Hall–Kier alpha value is -2.27. The monoisotopic (exact) mass is 290 g/mol. The maximum atomic E-state index is 12.1. The van der Waals surface area contributed by atoms with E-state index in [-0.39, 0.29) is 28.5 Å². The summed E-state index contributed by atoms with van der Waals surface area (Å²) >= 11 is 5.79. The molecule has 0 fully saturated rings. The van der Waals surface area contributed by atoms with Gasteiger partial charge in [0.2, 0.25) is 0 Å². The standard InChI is InChI=1S/C14H11ClN2O3/c1-9-2-3-12(16-8-9)7-14(18)10-4-11(15)6-13(5-10)17(19)20/h2-6,8H,7H2,1H3. The van der Waals surface area contributed by atoms with Gasteiger partial charge < -0.3 is 0 Å². The van der Waals surface area contributed by atoms with Crippen molar-refractivity contribution in [2.24, 2.45) is 0 Å². The molecule has 0 bridgehead atoms. The zero-order valence-electron chi connectivity index (χ0n) is 10.7. The number of benzene rings is 1. The molecule has 0 aliphatic rings. The van der Waals surface area contributed by atoms with Gasteiger partial charge in [-0.2, -0.15) is 0 Å². The first-order chi connectivity index (χ1) is 9.45. The average Bonchev–Trinajstić information content (AvgIpc) is 2.40. The highest BCUT2D eigenvalue weighted by Crippen LogP contribution is 2.21. The predicted molar refractivity (Wildman–Crippen MR) is 75.1 cm³/mol. The third-order valence-corrected chi connectivity index (χ3v) is 2.95. The Bertz CT molecular complexity index is 669. The molecule has 2 rings (SSSR count). The Balaban J connectivity index is 2.25. The number of aryl methyl sites for hydroxylation is 1. The maximum Gasteiger partial charge on any atom is 0.271 e. The summed E-state index contributed by atoms with van der Waals surface area (Å²) in [5.74, 6) is -0.257. The minimum Gasteiger partial charge on any atom is -0.294 e. The maximum absolute atomic E-state index is 12.1. The molecule has 0 aliphatic heterocycles. The van der Waals surface area contributed by atoms with Gasteiger partial charge in [-0.25, -0.2) is 0 Å². The van der Waals surface area contributed by atoms with Crippen molar-refractivity contribution < 1.29 is 9.72 Å². The molecule has 102 valence electrons. The second kappa shape index (κ2) is 5.79. The van der Waals surface area contributed by atoms with E-state index in [4.69, 9.17) is 11.6 Å². The number of ketones is 1. The van der Waals surface area contributed by atoms with Crippen LogP contribution in [0.2, 0.25) is 5.02 Å². The van der Waals surface area contributed by atoms with Crippen molar-refractivity contribution in [1.29, 1.82) is 0 Å². The van der Waals surface area contributed by atoms with Crippen LogP contribution < -0.4 is 0 Å². The van der Waals surface area contributed by atoms with Gasteiger partial charge in [-0.3, -0.25) is 19.9 Å². The Morgan fingerprint density at radius 3 is 2.70 bits per heavy atom. The lowest BCUT2D eigenvalue weighted by Gasteiger charge is -2.02. The van der Waals surface area contributed by atoms with E-state index in [1.54, 1.807) is 12.3 Å². The normalized spacial score (nSPS) is 10.3. The summed E-state index contributed by atoms with van der Waals surface area (Å²) in [4.78, 5) is 26.4. The zero-order valence-corrected chi connectivity index (χ0v) is 11.4. The Morgan fingerprint density at radius 2 is 2.10 bits per heavy atom. The molecule has 0 aliphatic carbocycles. The first-order valence-corrected chi connectivity index (χ1v) is 6.23. The number of hydrogen-bond donors (Lipinski definition) is 0. The molecule has 0 saturated heterocycles. The molecule has 0 radical (unpaired) electrons. The van der Waals surface area contributed by atoms with E-state index < -0.39 is 4.92 Å². The van der Waals surface area contributed by atoms with Crippen LogP contribution in [-0.2, 0) is 6.42 Å². The lowest BCUT2D eigenvalue weighted by molar-refractivity contribution is -0.384. The van der Waals surface area contributed by atoms with Crippen molar-refractivity contribution in [2.45, 2.75) is 13.3 Å². The number of nitro groups is 1. The molecule has 1 aromatic carbocycles. The number of carbonyl (C=O) groups is 1. The average molecular weight is 291 g/mol. The highest BCUT2D eigenvalue weighted by atomic mass is 35.5. The Labute approximate surface area is 120 Å². The van der Waals surface area contributed by atoms with Crippen LogP contribution in [0.1, 0.15) is 21.6 Å². The number of nitro benzene ring substituents is 1. The van der Waals surface area contributed by atoms with Gasteiger partial charge in [0, 0.05) is 34.6 Å². The summed E-state index contributed by atoms with van der Waals surface area (Å²) in [5.41, 5.74) is 1.63. The number of rotatable bonds is 4. The minimum absolute atomic E-state index is 0.0811. The van der Waals surface area contributed by atoms with E-state index in [2.05, 4.69) is 4.98 Å². The number of aromatic nitrogens is 1.